The van der Waals surface area contributed by atoms with E-state index in [1.54, 1.807) is 37.6 Å². The molecule has 7 heteroatoms. The Hall–Kier alpha value is -3.03. The number of thiazole rings is 1. The predicted molar refractivity (Wildman–Crippen MR) is 115 cm³/mol. The van der Waals surface area contributed by atoms with Crippen LogP contribution in [0.2, 0.25) is 0 Å². The van der Waals surface area contributed by atoms with Crippen molar-refractivity contribution in [2.45, 2.75) is 12.8 Å². The molecule has 0 aliphatic carbocycles. The molecule has 1 N–H and O–H groups in total. The van der Waals surface area contributed by atoms with Gasteiger partial charge in [-0.1, -0.05) is 23.5 Å². The van der Waals surface area contributed by atoms with E-state index in [2.05, 4.69) is 5.32 Å². The third kappa shape index (κ3) is 3.79. The van der Waals surface area contributed by atoms with Crippen LogP contribution in [0.5, 0.6) is 0 Å². The molecule has 0 unspecified atom stereocenters. The number of nitrogens with one attached hydrogen (secondary N) is 1. The standard InChI is InChI=1S/C22H21N3O3S/c1-23-21(27)15-7-5-14(6-8-15)17-13-25-18-10-9-16(19(26)4-3-11-28-2)12-20(18)29-22(25)24-17/h5-10,12-13H,3-4,11H2,1-2H3,(H,23,27). The summed E-state index contributed by atoms with van der Waals surface area (Å²) in [5, 5.41) is 2.62. The number of carbonyl (C=O) groups is 2. The Morgan fingerprint density at radius 1 is 1.14 bits per heavy atom. The fourth-order valence-electron chi connectivity index (χ4n) is 3.27. The van der Waals surface area contributed by atoms with Crippen molar-refractivity contribution in [2.75, 3.05) is 20.8 Å². The molecule has 0 aliphatic rings. The topological polar surface area (TPSA) is 72.7 Å². The van der Waals surface area contributed by atoms with Gasteiger partial charge in [-0.15, -0.1) is 0 Å². The van der Waals surface area contributed by atoms with Crippen molar-refractivity contribution in [1.29, 1.82) is 0 Å². The molecule has 4 aromatic rings. The van der Waals surface area contributed by atoms with Crippen LogP contribution in [0.1, 0.15) is 33.6 Å². The third-order valence-corrected chi connectivity index (χ3v) is 5.86. The number of aromatic nitrogens is 2. The Labute approximate surface area is 172 Å². The summed E-state index contributed by atoms with van der Waals surface area (Å²) in [6.07, 6.45) is 3.20. The van der Waals surface area contributed by atoms with E-state index in [0.717, 1.165) is 38.4 Å². The van der Waals surface area contributed by atoms with E-state index in [1.165, 1.54) is 0 Å². The van der Waals surface area contributed by atoms with Gasteiger partial charge in [-0.3, -0.25) is 14.0 Å². The Kier molecular flexibility index (Phi) is 5.42. The smallest absolute Gasteiger partial charge is 0.251 e. The van der Waals surface area contributed by atoms with E-state index in [1.807, 2.05) is 40.9 Å². The average molecular weight is 407 g/mol. The first-order chi connectivity index (χ1) is 14.1. The van der Waals surface area contributed by atoms with E-state index in [9.17, 15) is 9.59 Å². The molecular weight excluding hydrogens is 386 g/mol. The largest absolute Gasteiger partial charge is 0.385 e. The van der Waals surface area contributed by atoms with Crippen molar-refractivity contribution in [3.05, 3.63) is 59.8 Å². The molecule has 29 heavy (non-hydrogen) atoms. The van der Waals surface area contributed by atoms with Gasteiger partial charge in [0.1, 0.15) is 0 Å². The molecule has 2 aromatic carbocycles. The maximum absolute atomic E-state index is 12.4. The molecule has 148 valence electrons. The summed E-state index contributed by atoms with van der Waals surface area (Å²) >= 11 is 1.56. The molecule has 0 saturated heterocycles. The average Bonchev–Trinajstić information content (AvgIpc) is 3.31. The first-order valence-corrected chi connectivity index (χ1v) is 10.2. The summed E-state index contributed by atoms with van der Waals surface area (Å²) < 4.78 is 8.09. The fraction of sp³-hybridized carbons (Fsp3) is 0.227. The van der Waals surface area contributed by atoms with Gasteiger partial charge in [-0.2, -0.15) is 0 Å². The highest BCUT2D eigenvalue weighted by Crippen LogP contribution is 2.30. The van der Waals surface area contributed by atoms with Crippen LogP contribution >= 0.6 is 11.3 Å². The maximum atomic E-state index is 12.4. The second kappa shape index (κ2) is 8.14. The van der Waals surface area contributed by atoms with Crippen LogP contribution in [0.15, 0.2) is 48.7 Å². The number of Topliss-reactive ketones (excluding diaryl/α,β-unsaturated/α-hetero) is 1. The van der Waals surface area contributed by atoms with Gasteiger partial charge < -0.3 is 10.1 Å². The SMILES string of the molecule is CNC(=O)c1ccc(-c2cn3c(n2)sc2cc(C(=O)CCCOC)ccc23)cc1. The molecule has 0 aliphatic heterocycles. The molecule has 0 atom stereocenters. The molecule has 1 amide bonds. The highest BCUT2D eigenvalue weighted by atomic mass is 32.1. The Morgan fingerprint density at radius 2 is 1.90 bits per heavy atom. The maximum Gasteiger partial charge on any atom is 0.251 e. The van der Waals surface area contributed by atoms with Crippen LogP contribution in [0.4, 0.5) is 0 Å². The molecule has 6 nitrogen and oxygen atoms in total. The number of ether oxygens (including phenoxy) is 1. The van der Waals surface area contributed by atoms with E-state index >= 15 is 0 Å². The molecular formula is C22H21N3O3S. The van der Waals surface area contributed by atoms with Gasteiger partial charge in [0.15, 0.2) is 10.7 Å². The summed E-state index contributed by atoms with van der Waals surface area (Å²) in [6.45, 7) is 0.591. The molecule has 0 spiro atoms. The molecule has 0 bridgehead atoms. The van der Waals surface area contributed by atoms with Crippen LogP contribution in [0.3, 0.4) is 0 Å². The molecule has 0 radical (unpaired) electrons. The number of methoxy groups -OCH3 is 1. The fourth-order valence-corrected chi connectivity index (χ4v) is 4.32. The lowest BCUT2D eigenvalue weighted by Gasteiger charge is -2.02. The number of nitrogens with zero attached hydrogens (tertiary/aromatic N) is 2. The lowest BCUT2D eigenvalue weighted by atomic mass is 10.1. The number of hydrogen-bond donors (Lipinski definition) is 1. The van der Waals surface area contributed by atoms with Gasteiger partial charge in [0.2, 0.25) is 0 Å². The van der Waals surface area contributed by atoms with Gasteiger partial charge in [-0.25, -0.2) is 4.98 Å². The van der Waals surface area contributed by atoms with Gasteiger partial charge in [0.25, 0.3) is 5.91 Å². The second-order valence-corrected chi connectivity index (χ2v) is 7.75. The number of imidazole rings is 1. The molecule has 2 heterocycles. The van der Waals surface area contributed by atoms with E-state index in [4.69, 9.17) is 9.72 Å². The summed E-state index contributed by atoms with van der Waals surface area (Å²) in [7, 11) is 3.26. The lowest BCUT2D eigenvalue weighted by Crippen LogP contribution is -2.17. The number of benzene rings is 2. The first kappa shape index (κ1) is 19.3. The number of rotatable bonds is 7. The monoisotopic (exact) mass is 407 g/mol. The summed E-state index contributed by atoms with van der Waals surface area (Å²) in [5.41, 5.74) is 4.17. The van der Waals surface area contributed by atoms with E-state index in [0.29, 0.717) is 18.6 Å². The zero-order valence-electron chi connectivity index (χ0n) is 16.3. The predicted octanol–water partition coefficient (Wildman–Crippen LogP) is 4.18. The van der Waals surface area contributed by atoms with E-state index in [-0.39, 0.29) is 11.7 Å². The lowest BCUT2D eigenvalue weighted by molar-refractivity contribution is 0.0955. The van der Waals surface area contributed by atoms with Crippen molar-refractivity contribution in [3.63, 3.8) is 0 Å². The summed E-state index contributed by atoms with van der Waals surface area (Å²) in [5.74, 6) is 0.0211. The highest BCUT2D eigenvalue weighted by molar-refractivity contribution is 7.23. The molecule has 0 fully saturated rings. The van der Waals surface area contributed by atoms with Crippen LogP contribution in [0, 0.1) is 0 Å². The third-order valence-electron chi connectivity index (χ3n) is 4.84. The van der Waals surface area contributed by atoms with Crippen molar-refractivity contribution in [1.82, 2.24) is 14.7 Å². The normalized spacial score (nSPS) is 11.2. The Balaban J connectivity index is 1.62. The minimum atomic E-state index is -0.110. The number of fused-ring (bicyclic) bond motifs is 3. The van der Waals surface area contributed by atoms with Gasteiger partial charge >= 0.3 is 0 Å². The minimum Gasteiger partial charge on any atom is -0.385 e. The van der Waals surface area contributed by atoms with Crippen LogP contribution in [-0.2, 0) is 4.74 Å². The number of carbonyl (C=O) groups excluding carboxylic acids is 2. The zero-order valence-corrected chi connectivity index (χ0v) is 17.1. The second-order valence-electron chi connectivity index (χ2n) is 6.74. The number of hydrogen-bond acceptors (Lipinski definition) is 5. The molecule has 0 saturated carbocycles. The van der Waals surface area contributed by atoms with Gasteiger partial charge in [0.05, 0.1) is 15.9 Å². The summed E-state index contributed by atoms with van der Waals surface area (Å²) in [6, 6.07) is 13.2. The van der Waals surface area contributed by atoms with Crippen molar-refractivity contribution < 1.29 is 14.3 Å². The van der Waals surface area contributed by atoms with Gasteiger partial charge in [-0.05, 0) is 36.8 Å². The molecule has 2 aromatic heterocycles. The number of amides is 1. The van der Waals surface area contributed by atoms with E-state index < -0.39 is 0 Å². The number of ketones is 1. The zero-order chi connectivity index (χ0) is 20.4. The van der Waals surface area contributed by atoms with Crippen molar-refractivity contribution >= 4 is 38.2 Å². The van der Waals surface area contributed by atoms with Crippen LogP contribution in [-0.4, -0.2) is 41.8 Å². The quantitative estimate of drug-likeness (QED) is 0.368. The highest BCUT2D eigenvalue weighted by Gasteiger charge is 2.13. The van der Waals surface area contributed by atoms with Crippen LogP contribution < -0.4 is 5.32 Å². The van der Waals surface area contributed by atoms with Gasteiger partial charge in [0, 0.05) is 50.1 Å². The summed E-state index contributed by atoms with van der Waals surface area (Å²) in [4.78, 5) is 29.6. The molecule has 4 rings (SSSR count). The van der Waals surface area contributed by atoms with Crippen molar-refractivity contribution in [2.24, 2.45) is 0 Å². The minimum absolute atomic E-state index is 0.110. The Bertz CT molecular complexity index is 1190. The first-order valence-electron chi connectivity index (χ1n) is 9.37. The van der Waals surface area contributed by atoms with Crippen LogP contribution in [0.25, 0.3) is 26.4 Å². The van der Waals surface area contributed by atoms with Crippen molar-refractivity contribution in [3.8, 4) is 11.3 Å². The Morgan fingerprint density at radius 3 is 2.62 bits per heavy atom.